The number of benzene rings is 1. The predicted octanol–water partition coefficient (Wildman–Crippen LogP) is 5.79. The molecule has 2 atom stereocenters. The minimum absolute atomic E-state index is 0.0723. The number of rotatable bonds is 13. The zero-order valence-corrected chi connectivity index (χ0v) is 23.5. The fourth-order valence-electron chi connectivity index (χ4n) is 5.33. The van der Waals surface area contributed by atoms with Gasteiger partial charge in [-0.3, -0.25) is 19.5 Å². The second-order valence-corrected chi connectivity index (χ2v) is 11.9. The first kappa shape index (κ1) is 28.1. The zero-order chi connectivity index (χ0) is 27.1. The molecule has 0 aliphatic heterocycles. The lowest BCUT2D eigenvalue weighted by Gasteiger charge is -2.32. The monoisotopic (exact) mass is 537 g/mol. The summed E-state index contributed by atoms with van der Waals surface area (Å²) in [5.74, 6) is 0.378. The van der Waals surface area contributed by atoms with Crippen molar-refractivity contribution in [3.05, 3.63) is 40.9 Å². The SMILES string of the molecule is CCC(=O)C[C@@H](Cc1nc2ccc(C(C)C)cc2s1)C(=O)N[C@H](CCC(=O)c1ncn[nH]1)C1CCCCC1. The van der Waals surface area contributed by atoms with Crippen LogP contribution in [0.2, 0.25) is 0 Å². The summed E-state index contributed by atoms with van der Waals surface area (Å²) < 4.78 is 1.11. The van der Waals surface area contributed by atoms with Gasteiger partial charge < -0.3 is 5.32 Å². The Balaban J connectivity index is 1.49. The Bertz CT molecular complexity index is 1230. The third kappa shape index (κ3) is 7.34. The number of Topliss-reactive ketones (excluding diaryl/α,β-unsaturated/α-hetero) is 2. The third-order valence-corrected chi connectivity index (χ3v) is 8.73. The highest BCUT2D eigenvalue weighted by atomic mass is 32.1. The van der Waals surface area contributed by atoms with Gasteiger partial charge in [0.2, 0.25) is 5.91 Å². The first-order chi connectivity index (χ1) is 18.3. The molecule has 1 aromatic carbocycles. The van der Waals surface area contributed by atoms with Gasteiger partial charge in [-0.05, 0) is 48.8 Å². The molecule has 0 radical (unpaired) electrons. The van der Waals surface area contributed by atoms with E-state index in [1.54, 1.807) is 11.3 Å². The van der Waals surface area contributed by atoms with E-state index in [4.69, 9.17) is 4.98 Å². The second kappa shape index (κ2) is 13.2. The van der Waals surface area contributed by atoms with Crippen LogP contribution in [0, 0.1) is 11.8 Å². The van der Waals surface area contributed by atoms with E-state index in [-0.39, 0.29) is 42.2 Å². The van der Waals surface area contributed by atoms with E-state index in [0.29, 0.717) is 31.1 Å². The molecule has 0 bridgehead atoms. The summed E-state index contributed by atoms with van der Waals surface area (Å²) in [6.45, 7) is 6.17. The van der Waals surface area contributed by atoms with Crippen molar-refractivity contribution >= 4 is 39.0 Å². The Labute approximate surface area is 228 Å². The van der Waals surface area contributed by atoms with Crippen LogP contribution in [0.4, 0.5) is 0 Å². The molecule has 1 aliphatic rings. The van der Waals surface area contributed by atoms with Gasteiger partial charge >= 0.3 is 0 Å². The highest BCUT2D eigenvalue weighted by molar-refractivity contribution is 7.18. The molecular formula is C29H39N5O3S. The van der Waals surface area contributed by atoms with Gasteiger partial charge in [0.1, 0.15) is 12.1 Å². The number of carbonyl (C=O) groups excluding carboxylic acids is 3. The molecule has 3 aromatic rings. The highest BCUT2D eigenvalue weighted by Crippen LogP contribution is 2.31. The Kier molecular flexibility index (Phi) is 9.77. The minimum atomic E-state index is -0.483. The van der Waals surface area contributed by atoms with Crippen molar-refractivity contribution in [1.29, 1.82) is 0 Å². The molecule has 38 heavy (non-hydrogen) atoms. The molecule has 9 heteroatoms. The van der Waals surface area contributed by atoms with E-state index in [0.717, 1.165) is 40.9 Å². The van der Waals surface area contributed by atoms with Crippen LogP contribution < -0.4 is 5.32 Å². The van der Waals surface area contributed by atoms with Gasteiger partial charge in [-0.2, -0.15) is 5.10 Å². The lowest BCUT2D eigenvalue weighted by Crippen LogP contribution is -2.45. The fourth-order valence-corrected chi connectivity index (χ4v) is 6.43. The molecule has 2 aromatic heterocycles. The number of carbonyl (C=O) groups is 3. The normalized spacial score (nSPS) is 16.0. The summed E-state index contributed by atoms with van der Waals surface area (Å²) in [4.78, 5) is 47.5. The number of nitrogens with zero attached hydrogens (tertiary/aromatic N) is 3. The Morgan fingerprint density at radius 1 is 1.16 bits per heavy atom. The molecule has 1 aliphatic carbocycles. The Morgan fingerprint density at radius 2 is 1.95 bits per heavy atom. The maximum atomic E-state index is 13.7. The number of hydrogen-bond donors (Lipinski definition) is 2. The Morgan fingerprint density at radius 3 is 2.63 bits per heavy atom. The molecule has 8 nitrogen and oxygen atoms in total. The first-order valence-corrected chi connectivity index (χ1v) is 14.8. The quantitative estimate of drug-likeness (QED) is 0.266. The molecule has 4 rings (SSSR count). The van der Waals surface area contributed by atoms with Crippen molar-refractivity contribution in [2.45, 2.75) is 96.9 Å². The van der Waals surface area contributed by atoms with Crippen molar-refractivity contribution in [3.63, 3.8) is 0 Å². The standard InChI is InChI=1S/C29H39N5O3S/c1-4-22(35)14-21(16-27-32-24-11-10-20(18(2)3)15-26(24)38-27)29(37)33-23(19-8-6-5-7-9-19)12-13-25(36)28-30-17-31-34-28/h10-11,15,17-19,21,23H,4-9,12-14,16H2,1-3H3,(H,33,37)(H,30,31,34)/t21-,23+/m0/s1. The van der Waals surface area contributed by atoms with Crippen LogP contribution in [0.3, 0.4) is 0 Å². The van der Waals surface area contributed by atoms with Crippen molar-refractivity contribution in [1.82, 2.24) is 25.5 Å². The first-order valence-electron chi connectivity index (χ1n) is 13.9. The predicted molar refractivity (Wildman–Crippen MR) is 149 cm³/mol. The van der Waals surface area contributed by atoms with E-state index in [1.807, 2.05) is 13.0 Å². The average Bonchev–Trinajstić information content (AvgIpc) is 3.60. The van der Waals surface area contributed by atoms with Crippen molar-refractivity contribution < 1.29 is 14.4 Å². The van der Waals surface area contributed by atoms with E-state index in [1.165, 1.54) is 18.3 Å². The lowest BCUT2D eigenvalue weighted by molar-refractivity contribution is -0.130. The number of ketones is 2. The number of nitrogens with one attached hydrogen (secondary N) is 2. The van der Waals surface area contributed by atoms with Gasteiger partial charge in [0.15, 0.2) is 11.6 Å². The maximum absolute atomic E-state index is 13.7. The number of amides is 1. The van der Waals surface area contributed by atoms with Crippen LogP contribution >= 0.6 is 11.3 Å². The summed E-state index contributed by atoms with van der Waals surface area (Å²) in [5.41, 5.74) is 2.19. The molecular weight excluding hydrogens is 498 g/mol. The van der Waals surface area contributed by atoms with Crippen molar-refractivity contribution in [3.8, 4) is 0 Å². The molecule has 2 heterocycles. The molecule has 1 fully saturated rings. The average molecular weight is 538 g/mol. The molecule has 1 amide bonds. The smallest absolute Gasteiger partial charge is 0.224 e. The largest absolute Gasteiger partial charge is 0.353 e. The third-order valence-electron chi connectivity index (χ3n) is 7.69. The van der Waals surface area contributed by atoms with Crippen LogP contribution in [0.1, 0.15) is 106 Å². The molecule has 0 saturated heterocycles. The molecule has 2 N–H and O–H groups in total. The number of fused-ring (bicyclic) bond motifs is 1. The maximum Gasteiger partial charge on any atom is 0.224 e. The van der Waals surface area contributed by atoms with Gasteiger partial charge in [-0.15, -0.1) is 11.3 Å². The topological polar surface area (TPSA) is 118 Å². The van der Waals surface area contributed by atoms with Gasteiger partial charge in [-0.25, -0.2) is 9.97 Å². The van der Waals surface area contributed by atoms with Crippen LogP contribution in [0.25, 0.3) is 10.2 Å². The summed E-state index contributed by atoms with van der Waals surface area (Å²) in [5, 5.41) is 10.6. The number of hydrogen-bond acceptors (Lipinski definition) is 7. The summed E-state index contributed by atoms with van der Waals surface area (Å²) in [7, 11) is 0. The van der Waals surface area contributed by atoms with E-state index in [9.17, 15) is 14.4 Å². The van der Waals surface area contributed by atoms with E-state index in [2.05, 4.69) is 46.5 Å². The van der Waals surface area contributed by atoms with E-state index >= 15 is 0 Å². The van der Waals surface area contributed by atoms with Crippen LogP contribution in [0.5, 0.6) is 0 Å². The zero-order valence-electron chi connectivity index (χ0n) is 22.7. The Hall–Kier alpha value is -2.94. The summed E-state index contributed by atoms with van der Waals surface area (Å²) in [6.07, 6.45) is 8.74. The second-order valence-electron chi connectivity index (χ2n) is 10.8. The van der Waals surface area contributed by atoms with Gasteiger partial charge in [0.05, 0.1) is 21.1 Å². The van der Waals surface area contributed by atoms with Crippen molar-refractivity contribution in [2.24, 2.45) is 11.8 Å². The van der Waals surface area contributed by atoms with Gasteiger partial charge in [0, 0.05) is 31.7 Å². The molecule has 204 valence electrons. The van der Waals surface area contributed by atoms with Crippen LogP contribution in [-0.2, 0) is 16.0 Å². The number of thiazole rings is 1. The molecule has 0 spiro atoms. The van der Waals surface area contributed by atoms with Gasteiger partial charge in [0.25, 0.3) is 0 Å². The highest BCUT2D eigenvalue weighted by Gasteiger charge is 2.30. The molecule has 0 unspecified atom stereocenters. The van der Waals surface area contributed by atoms with Crippen LogP contribution in [-0.4, -0.2) is 43.7 Å². The van der Waals surface area contributed by atoms with Crippen LogP contribution in [0.15, 0.2) is 24.5 Å². The lowest BCUT2D eigenvalue weighted by atomic mass is 9.81. The summed E-state index contributed by atoms with van der Waals surface area (Å²) in [6, 6.07) is 6.22. The van der Waals surface area contributed by atoms with Gasteiger partial charge in [-0.1, -0.05) is 46.1 Å². The minimum Gasteiger partial charge on any atom is -0.353 e. The fraction of sp³-hybridized carbons (Fsp3) is 0.586. The van der Waals surface area contributed by atoms with E-state index < -0.39 is 5.92 Å². The molecule has 1 saturated carbocycles. The number of aromatic nitrogens is 4. The number of H-pyrrole nitrogens is 1. The summed E-state index contributed by atoms with van der Waals surface area (Å²) >= 11 is 1.61. The van der Waals surface area contributed by atoms with Crippen molar-refractivity contribution in [2.75, 3.05) is 0 Å². The number of aromatic amines is 1.